The highest BCUT2D eigenvalue weighted by molar-refractivity contribution is 6.74. The van der Waals surface area contributed by atoms with Crippen molar-refractivity contribution in [2.45, 2.75) is 85.5 Å². The molecule has 0 spiro atoms. The van der Waals surface area contributed by atoms with E-state index in [0.29, 0.717) is 12.0 Å². The van der Waals surface area contributed by atoms with Crippen molar-refractivity contribution in [2.24, 2.45) is 23.2 Å². The third-order valence-electron chi connectivity index (χ3n) is 8.79. The molecule has 0 aromatic heterocycles. The van der Waals surface area contributed by atoms with Crippen molar-refractivity contribution in [3.63, 3.8) is 0 Å². The van der Waals surface area contributed by atoms with Crippen LogP contribution in [0.3, 0.4) is 0 Å². The Hall–Kier alpha value is -1.62. The molecule has 0 aromatic rings. The lowest BCUT2D eigenvalue weighted by Crippen LogP contribution is -2.53. The van der Waals surface area contributed by atoms with Gasteiger partial charge in [-0.05, 0) is 61.7 Å². The third-order valence-corrected chi connectivity index (χ3v) is 13.2. The third kappa shape index (κ3) is 2.77. The van der Waals surface area contributed by atoms with Gasteiger partial charge < -0.3 is 9.16 Å². The Kier molecular flexibility index (Phi) is 4.64. The van der Waals surface area contributed by atoms with E-state index in [1.165, 1.54) is 11.1 Å². The second kappa shape index (κ2) is 6.44. The van der Waals surface area contributed by atoms with Crippen molar-refractivity contribution < 1.29 is 18.8 Å². The molecule has 3 aliphatic carbocycles. The first-order valence-electron chi connectivity index (χ1n) is 11.2. The smallest absolute Gasteiger partial charge is 0.250 e. The molecule has 0 saturated heterocycles. The summed E-state index contributed by atoms with van der Waals surface area (Å²) < 4.78 is 13.1. The van der Waals surface area contributed by atoms with E-state index in [0.717, 1.165) is 17.9 Å². The van der Waals surface area contributed by atoms with E-state index in [9.17, 15) is 9.59 Å². The average molecular weight is 429 g/mol. The van der Waals surface area contributed by atoms with E-state index in [4.69, 9.17) is 9.16 Å². The standard InChI is InChI=1S/C25H36O4Si/c1-13-10-18(26)17-12-19(29-30(8,9)24(4,5)6)16-11-20-21(14(2)15(3)28-20)22(16)25(17,7)23(13)27/h10,17,20-22H,11-12H2,1-9H3/t17-,20+,21+,22+,25+/m1/s1. The summed E-state index contributed by atoms with van der Waals surface area (Å²) in [6.45, 7) is 19.2. The number of Topliss-reactive ketones (excluding diaryl/α,β-unsaturated/α-hetero) is 1. The van der Waals surface area contributed by atoms with E-state index in [1.54, 1.807) is 13.0 Å². The first kappa shape index (κ1) is 21.6. The Morgan fingerprint density at radius 1 is 1.13 bits per heavy atom. The SMILES string of the molecule is CC1=CC(=O)[C@H]2CC(O[Si](C)(C)C(C)(C)C)=C3C[C@@H]4OC(C)=C(C)[C@@H]4[C@H]3[C@@]2(C)C1=O. The molecule has 164 valence electrons. The molecule has 30 heavy (non-hydrogen) atoms. The molecular formula is C25H36O4Si. The molecule has 0 radical (unpaired) electrons. The lowest BCUT2D eigenvalue weighted by Gasteiger charge is -2.50. The number of carbonyl (C=O) groups excluding carboxylic acids is 2. The molecule has 4 nitrogen and oxygen atoms in total. The normalized spacial score (nSPS) is 36.4. The number of fused-ring (bicyclic) bond motifs is 5. The maximum absolute atomic E-state index is 13.6. The van der Waals surface area contributed by atoms with Gasteiger partial charge in [-0.3, -0.25) is 9.59 Å². The largest absolute Gasteiger partial charge is 0.547 e. The molecule has 0 aromatic carbocycles. The van der Waals surface area contributed by atoms with E-state index < -0.39 is 13.7 Å². The minimum atomic E-state index is -2.07. The molecule has 4 aliphatic rings. The van der Waals surface area contributed by atoms with Crippen molar-refractivity contribution >= 4 is 19.9 Å². The minimum Gasteiger partial charge on any atom is -0.547 e. The summed E-state index contributed by atoms with van der Waals surface area (Å²) in [5.74, 6) is 1.92. The van der Waals surface area contributed by atoms with Gasteiger partial charge in [-0.15, -0.1) is 0 Å². The summed E-state index contributed by atoms with van der Waals surface area (Å²) in [5.41, 5.74) is 2.32. The lowest BCUT2D eigenvalue weighted by molar-refractivity contribution is -0.141. The van der Waals surface area contributed by atoms with E-state index in [-0.39, 0.29) is 40.5 Å². The molecule has 1 fully saturated rings. The Morgan fingerprint density at radius 2 is 1.77 bits per heavy atom. The number of allylic oxidation sites excluding steroid dienone is 4. The van der Waals surface area contributed by atoms with Crippen molar-refractivity contribution in [1.82, 2.24) is 0 Å². The van der Waals surface area contributed by atoms with Crippen LogP contribution in [0.25, 0.3) is 0 Å². The number of ketones is 2. The van der Waals surface area contributed by atoms with Crippen LogP contribution in [0.2, 0.25) is 18.1 Å². The number of hydrogen-bond acceptors (Lipinski definition) is 4. The van der Waals surface area contributed by atoms with Crippen LogP contribution in [-0.4, -0.2) is 26.0 Å². The van der Waals surface area contributed by atoms with Crippen molar-refractivity contribution in [3.05, 3.63) is 34.3 Å². The molecule has 5 atom stereocenters. The van der Waals surface area contributed by atoms with Crippen LogP contribution in [0.15, 0.2) is 34.3 Å². The Bertz CT molecular complexity index is 929. The Labute approximate surface area is 181 Å². The molecule has 0 amide bonds. The van der Waals surface area contributed by atoms with Crippen LogP contribution in [-0.2, 0) is 18.8 Å². The van der Waals surface area contributed by atoms with Gasteiger partial charge in [-0.1, -0.05) is 27.7 Å². The number of rotatable bonds is 2. The molecule has 0 N–H and O–H groups in total. The first-order chi connectivity index (χ1) is 13.7. The summed E-state index contributed by atoms with van der Waals surface area (Å²) in [5, 5.41) is 0.0665. The number of carbonyl (C=O) groups is 2. The summed E-state index contributed by atoms with van der Waals surface area (Å²) in [6, 6.07) is 0. The second-order valence-corrected chi connectivity index (χ2v) is 16.2. The molecular weight excluding hydrogens is 392 g/mol. The predicted octanol–water partition coefficient (Wildman–Crippen LogP) is 5.72. The fourth-order valence-corrected chi connectivity index (χ4v) is 7.07. The maximum atomic E-state index is 13.6. The monoisotopic (exact) mass is 428 g/mol. The molecule has 1 heterocycles. The zero-order chi connectivity index (χ0) is 22.4. The average Bonchev–Trinajstić information content (AvgIpc) is 3.11. The zero-order valence-corrected chi connectivity index (χ0v) is 20.9. The van der Waals surface area contributed by atoms with E-state index >= 15 is 0 Å². The highest BCUT2D eigenvalue weighted by Gasteiger charge is 2.64. The molecule has 1 aliphatic heterocycles. The van der Waals surface area contributed by atoms with Gasteiger partial charge in [0.1, 0.15) is 6.10 Å². The predicted molar refractivity (Wildman–Crippen MR) is 120 cm³/mol. The van der Waals surface area contributed by atoms with Gasteiger partial charge in [0.25, 0.3) is 0 Å². The summed E-state index contributed by atoms with van der Waals surface area (Å²) in [4.78, 5) is 26.8. The van der Waals surface area contributed by atoms with Crippen LogP contribution < -0.4 is 0 Å². The van der Waals surface area contributed by atoms with Gasteiger partial charge in [0.2, 0.25) is 8.32 Å². The van der Waals surface area contributed by atoms with Gasteiger partial charge in [0.15, 0.2) is 11.6 Å². The lowest BCUT2D eigenvalue weighted by atomic mass is 9.53. The van der Waals surface area contributed by atoms with Gasteiger partial charge in [0, 0.05) is 36.0 Å². The van der Waals surface area contributed by atoms with Crippen LogP contribution in [0.5, 0.6) is 0 Å². The fourth-order valence-electron chi connectivity index (χ4n) is 5.94. The highest BCUT2D eigenvalue weighted by Crippen LogP contribution is 2.63. The molecule has 4 rings (SSSR count). The summed E-state index contributed by atoms with van der Waals surface area (Å²) >= 11 is 0. The van der Waals surface area contributed by atoms with E-state index in [2.05, 4.69) is 40.8 Å². The van der Waals surface area contributed by atoms with Gasteiger partial charge in [0.05, 0.1) is 11.5 Å². The maximum Gasteiger partial charge on any atom is 0.250 e. The minimum absolute atomic E-state index is 0.0291. The summed E-state index contributed by atoms with van der Waals surface area (Å²) in [7, 11) is -2.07. The second-order valence-electron chi connectivity index (χ2n) is 11.5. The van der Waals surface area contributed by atoms with Crippen LogP contribution >= 0.6 is 0 Å². The Balaban J connectivity index is 1.89. The van der Waals surface area contributed by atoms with Crippen molar-refractivity contribution in [3.8, 4) is 0 Å². The van der Waals surface area contributed by atoms with Gasteiger partial charge >= 0.3 is 0 Å². The zero-order valence-electron chi connectivity index (χ0n) is 19.9. The molecule has 5 heteroatoms. The first-order valence-corrected chi connectivity index (χ1v) is 14.1. The molecule has 0 unspecified atom stereocenters. The molecule has 1 saturated carbocycles. The van der Waals surface area contributed by atoms with Crippen LogP contribution in [0, 0.1) is 23.2 Å². The quantitative estimate of drug-likeness (QED) is 0.528. The van der Waals surface area contributed by atoms with Gasteiger partial charge in [-0.2, -0.15) is 0 Å². The van der Waals surface area contributed by atoms with Crippen molar-refractivity contribution in [2.75, 3.05) is 0 Å². The van der Waals surface area contributed by atoms with Crippen LogP contribution in [0.4, 0.5) is 0 Å². The molecule has 0 bridgehead atoms. The van der Waals surface area contributed by atoms with Crippen LogP contribution in [0.1, 0.15) is 61.3 Å². The fraction of sp³-hybridized carbons (Fsp3) is 0.680. The van der Waals surface area contributed by atoms with E-state index in [1.807, 2.05) is 13.8 Å². The van der Waals surface area contributed by atoms with Gasteiger partial charge in [-0.25, -0.2) is 0 Å². The Morgan fingerprint density at radius 3 is 2.37 bits per heavy atom. The summed E-state index contributed by atoms with van der Waals surface area (Å²) in [6.07, 6.45) is 2.94. The topological polar surface area (TPSA) is 52.6 Å². The number of ether oxygens (including phenoxy) is 1. The highest BCUT2D eigenvalue weighted by atomic mass is 28.4. The van der Waals surface area contributed by atoms with Crippen molar-refractivity contribution in [1.29, 1.82) is 0 Å². The number of hydrogen-bond donors (Lipinski definition) is 0.